The molecule has 0 radical (unpaired) electrons. The van der Waals surface area contributed by atoms with E-state index in [0.717, 1.165) is 0 Å². The van der Waals surface area contributed by atoms with Gasteiger partial charge in [-0.3, -0.25) is 0 Å². The smallest absolute Gasteiger partial charge is 0.437 e. The first kappa shape index (κ1) is 71.6. The molecule has 2 rings (SSSR count). The van der Waals surface area contributed by atoms with Gasteiger partial charge in [0.2, 0.25) is 0 Å². The number of unbranched alkanes of at least 4 members (excludes halogenated alkanes) is 4. The van der Waals surface area contributed by atoms with Gasteiger partial charge in [0.25, 0.3) is 0 Å². The van der Waals surface area contributed by atoms with E-state index in [9.17, 15) is 76.8 Å². The number of sulfonamides is 6. The normalized spacial score (nSPS) is 16.8. The van der Waals surface area contributed by atoms with Crippen LogP contribution in [0.25, 0.3) is 12.4 Å². The maximum Gasteiger partial charge on any atom is 0.480 e. The Hall–Kier alpha value is -0.960. The zero-order valence-corrected chi connectivity index (χ0v) is 45.8. The Labute approximate surface area is 395 Å². The maximum absolute atomic E-state index is 11.4. The van der Waals surface area contributed by atoms with Crippen LogP contribution in [0.1, 0.15) is 119 Å². The second kappa shape index (κ2) is 31.4. The molecule has 0 bridgehead atoms. The van der Waals surface area contributed by atoms with E-state index < -0.39 is 71.2 Å². The van der Waals surface area contributed by atoms with Gasteiger partial charge in [0.05, 0.1) is 120 Å². The van der Waals surface area contributed by atoms with Crippen LogP contribution in [-0.2, 0) is 60.1 Å². The molecule has 0 aromatic rings. The van der Waals surface area contributed by atoms with Gasteiger partial charge in [0, 0.05) is 37.9 Å². The molecule has 0 saturated carbocycles. The van der Waals surface area contributed by atoms with Crippen LogP contribution >= 0.6 is 0 Å². The third-order valence-electron chi connectivity index (χ3n) is 10.2. The number of piperidine rings is 1. The van der Waals surface area contributed by atoms with Crippen molar-refractivity contribution < 1.29 is 90.3 Å². The van der Waals surface area contributed by atoms with Crippen LogP contribution in [0, 0.1) is 0 Å². The second-order valence-corrected chi connectivity index (χ2v) is 27.3. The maximum atomic E-state index is 11.4. The molecule has 2 saturated heterocycles. The molecule has 0 aromatic carbocycles. The largest absolute Gasteiger partial charge is 0.480 e. The van der Waals surface area contributed by atoms with Crippen molar-refractivity contribution in [3.05, 3.63) is 12.4 Å². The Morgan fingerprint density at radius 1 is 0.424 bits per heavy atom. The Morgan fingerprint density at radius 3 is 0.864 bits per heavy atom. The molecule has 0 unspecified atom stereocenters. The monoisotopic (exact) mass is 1090 g/mol. The van der Waals surface area contributed by atoms with Crippen LogP contribution in [0.4, 0.5) is 26.3 Å². The first-order chi connectivity index (χ1) is 29.4. The van der Waals surface area contributed by atoms with Crippen LogP contribution in [0.15, 0.2) is 0 Å². The Bertz CT molecular complexity index is 1900. The summed E-state index contributed by atoms with van der Waals surface area (Å²) in [5.41, 5.74) is -11.3. The molecule has 30 heteroatoms. The highest BCUT2D eigenvalue weighted by atomic mass is 32.3. The summed E-state index contributed by atoms with van der Waals surface area (Å²) in [6.07, 6.45) is 18.9. The third-order valence-corrected chi connectivity index (χ3v) is 17.3. The molecule has 0 spiro atoms. The summed E-state index contributed by atoms with van der Waals surface area (Å²) in [5, 5.41) is 0. The van der Waals surface area contributed by atoms with Gasteiger partial charge in [-0.2, -0.15) is 26.3 Å². The summed E-state index contributed by atoms with van der Waals surface area (Å²) in [7, 11) is -23.6. The lowest BCUT2D eigenvalue weighted by Gasteiger charge is -2.37. The SMILES string of the molecule is CCCCC[N+](CC)(CC)CC.CCCC[N+]1(C)CCCC1.CCCC[N+]1(C)CCCCC1.CS(=O)(=O)[N-]S(=O)(=O)C(F)(F)F.CS(=O)(=O)[N-]S(=O)(=O)C(F)(F)F.CS(=O)(=O)[N-]S(C)(=O)=O. The Morgan fingerprint density at radius 2 is 0.682 bits per heavy atom. The van der Waals surface area contributed by atoms with Crippen molar-refractivity contribution >= 4 is 60.1 Å². The molecule has 2 aliphatic rings. The molecule has 66 heavy (non-hydrogen) atoms. The molecular formula is C36H80F6N6O12S6. The van der Waals surface area contributed by atoms with E-state index >= 15 is 0 Å². The average Bonchev–Trinajstić information content (AvgIpc) is 3.55. The average molecular weight is 1100 g/mol. The third kappa shape index (κ3) is 38.8. The fraction of sp³-hybridized carbons (Fsp3) is 1.00. The minimum absolute atomic E-state index is 0.246. The highest BCUT2D eigenvalue weighted by Crippen LogP contribution is 2.30. The van der Waals surface area contributed by atoms with Gasteiger partial charge in [-0.1, -0.05) is 40.0 Å². The molecular weight excluding hydrogens is 1010 g/mol. The molecule has 0 amide bonds. The van der Waals surface area contributed by atoms with Crippen LogP contribution < -0.4 is 0 Å². The summed E-state index contributed by atoms with van der Waals surface area (Å²) in [6.45, 7) is 27.6. The zero-order valence-electron chi connectivity index (χ0n) is 40.9. The van der Waals surface area contributed by atoms with E-state index in [0.29, 0.717) is 12.5 Å². The van der Waals surface area contributed by atoms with Crippen LogP contribution in [-0.4, -0.2) is 180 Å². The standard InChI is InChI=1S/C11H26N.C10H22N.C9H20N.2C2H3F3NO4S2.C2H6NO4S2/c1-5-9-10-11-12(6-2,7-3)8-4;1-3-4-8-11(2)9-6-5-7-10-11;1-3-4-7-10(2)8-5-6-9-10;2*1-11(7,8)6-12(9,10)2(3,4)5;1-8(4,5)3-9(2,6)7/h5-11H2,1-4H3;3-10H2,1-2H3;3-9H2,1-2H3;2*1H3;1-2H3/q3*+1;3*-1. The van der Waals surface area contributed by atoms with E-state index in [1.54, 1.807) is 8.25 Å². The lowest BCUT2D eigenvalue weighted by atomic mass is 10.1. The fourth-order valence-corrected chi connectivity index (χ4v) is 11.9. The van der Waals surface area contributed by atoms with Crippen molar-refractivity contribution in [2.45, 2.75) is 130 Å². The Balaban J connectivity index is -0.000000350. The summed E-state index contributed by atoms with van der Waals surface area (Å²) < 4.78 is 199. The first-order valence-corrected chi connectivity index (χ1v) is 31.8. The summed E-state index contributed by atoms with van der Waals surface area (Å²) >= 11 is 0. The van der Waals surface area contributed by atoms with Crippen LogP contribution in [0.3, 0.4) is 0 Å². The molecule has 0 N–H and O–H groups in total. The molecule has 18 nitrogen and oxygen atoms in total. The van der Waals surface area contributed by atoms with Gasteiger partial charge in [-0.25, -0.2) is 50.5 Å². The summed E-state index contributed by atoms with van der Waals surface area (Å²) in [6, 6.07) is 0. The van der Waals surface area contributed by atoms with Gasteiger partial charge in [-0.05, 0) is 65.7 Å². The molecule has 404 valence electrons. The lowest BCUT2D eigenvalue weighted by Crippen LogP contribution is -2.48. The van der Waals surface area contributed by atoms with E-state index in [2.05, 4.69) is 59.8 Å². The molecule has 2 fully saturated rings. The number of hydrogen-bond acceptors (Lipinski definition) is 12. The number of rotatable bonds is 19. The number of halogens is 6. The van der Waals surface area contributed by atoms with E-state index in [-0.39, 0.29) is 12.5 Å². The zero-order chi connectivity index (χ0) is 53.2. The van der Waals surface area contributed by atoms with E-state index in [1.807, 2.05) is 0 Å². The topological polar surface area (TPSA) is 247 Å². The lowest BCUT2D eigenvalue weighted by molar-refractivity contribution is -0.923. The van der Waals surface area contributed by atoms with E-state index in [1.165, 1.54) is 156 Å². The summed E-state index contributed by atoms with van der Waals surface area (Å²) in [4.78, 5) is 0. The van der Waals surface area contributed by atoms with Gasteiger partial charge < -0.3 is 25.8 Å². The van der Waals surface area contributed by atoms with Gasteiger partial charge >= 0.3 is 11.0 Å². The fourth-order valence-electron chi connectivity index (χ4n) is 6.43. The molecule has 0 aromatic heterocycles. The molecule has 0 atom stereocenters. The first-order valence-electron chi connectivity index (χ1n) is 21.6. The quantitative estimate of drug-likeness (QED) is 0.0713. The highest BCUT2D eigenvalue weighted by molar-refractivity contribution is 8.13. The van der Waals surface area contributed by atoms with Gasteiger partial charge in [0.15, 0.2) is 20.0 Å². The Kier molecular flexibility index (Phi) is 34.1. The van der Waals surface area contributed by atoms with E-state index in [4.69, 9.17) is 0 Å². The van der Waals surface area contributed by atoms with Crippen molar-refractivity contribution in [2.24, 2.45) is 0 Å². The minimum Gasteiger partial charge on any atom is -0.437 e. The second-order valence-electron chi connectivity index (χ2n) is 16.8. The predicted octanol–water partition coefficient (Wildman–Crippen LogP) is 7.11. The number of nitrogens with zero attached hydrogens (tertiary/aromatic N) is 6. The van der Waals surface area contributed by atoms with Crippen molar-refractivity contribution in [3.8, 4) is 0 Å². The highest BCUT2D eigenvalue weighted by Gasteiger charge is 2.40. The minimum atomic E-state index is -5.92. The van der Waals surface area contributed by atoms with Crippen molar-refractivity contribution in [1.29, 1.82) is 0 Å². The van der Waals surface area contributed by atoms with Crippen molar-refractivity contribution in [2.75, 3.05) is 105 Å². The molecule has 0 aliphatic carbocycles. The van der Waals surface area contributed by atoms with Crippen molar-refractivity contribution in [3.63, 3.8) is 0 Å². The number of hydrogen-bond donors (Lipinski definition) is 0. The van der Waals surface area contributed by atoms with Crippen LogP contribution in [0.5, 0.6) is 0 Å². The summed E-state index contributed by atoms with van der Waals surface area (Å²) in [5.74, 6) is 0. The number of likely N-dealkylation sites (tertiary alicyclic amines) is 2. The van der Waals surface area contributed by atoms with Gasteiger partial charge in [0.1, 0.15) is 0 Å². The molecule has 2 heterocycles. The van der Waals surface area contributed by atoms with Crippen molar-refractivity contribution in [1.82, 2.24) is 0 Å². The molecule has 2 aliphatic heterocycles. The predicted molar refractivity (Wildman–Crippen MR) is 250 cm³/mol. The van der Waals surface area contributed by atoms with Crippen LogP contribution in [0.2, 0.25) is 0 Å². The number of quaternary nitrogens is 3. The number of alkyl halides is 6. The van der Waals surface area contributed by atoms with Gasteiger partial charge in [-0.15, -0.1) is 0 Å².